The first-order chi connectivity index (χ1) is 13.6. The third-order valence-electron chi connectivity index (χ3n) is 4.54. The molecule has 0 bridgehead atoms. The number of hydrogen-bond acceptors (Lipinski definition) is 5. The minimum absolute atomic E-state index is 0.243. The number of H-pyrrole nitrogens is 2. The summed E-state index contributed by atoms with van der Waals surface area (Å²) in [5.74, 6) is 0.638. The van der Waals surface area contributed by atoms with E-state index in [1.54, 1.807) is 19.2 Å². The van der Waals surface area contributed by atoms with Crippen LogP contribution in [0.25, 0.3) is 33.3 Å². The predicted octanol–water partition coefficient (Wildman–Crippen LogP) is 2.32. The van der Waals surface area contributed by atoms with Crippen molar-refractivity contribution in [1.82, 2.24) is 35.2 Å². The zero-order chi connectivity index (χ0) is 19.3. The molecule has 3 aromatic heterocycles. The van der Waals surface area contributed by atoms with Crippen molar-refractivity contribution < 1.29 is 4.39 Å². The Bertz CT molecular complexity index is 1400. The molecule has 2 aromatic carbocycles. The Labute approximate surface area is 157 Å². The Morgan fingerprint density at radius 1 is 1.14 bits per heavy atom. The van der Waals surface area contributed by atoms with E-state index in [1.165, 1.54) is 16.9 Å². The maximum Gasteiger partial charge on any atom is 0.261 e. The van der Waals surface area contributed by atoms with Crippen LogP contribution in [0.2, 0.25) is 0 Å². The van der Waals surface area contributed by atoms with E-state index in [1.807, 2.05) is 18.2 Å². The summed E-state index contributed by atoms with van der Waals surface area (Å²) in [6, 6.07) is 11.8. The number of halogens is 1. The molecule has 0 unspecified atom stereocenters. The number of nitrogens with one attached hydrogen (secondary N) is 2. The van der Waals surface area contributed by atoms with Crippen LogP contribution in [0.3, 0.4) is 0 Å². The lowest BCUT2D eigenvalue weighted by Gasteiger charge is -2.02. The zero-order valence-electron chi connectivity index (χ0n) is 14.8. The van der Waals surface area contributed by atoms with Gasteiger partial charge in [0.15, 0.2) is 0 Å². The highest BCUT2D eigenvalue weighted by Gasteiger charge is 2.13. The third kappa shape index (κ3) is 2.73. The molecule has 8 nitrogen and oxygen atoms in total. The normalized spacial score (nSPS) is 11.5. The SMILES string of the molecule is Cn1nnc(-c2ccc3c(c2)[nH]c2nc(Cc4cccc(F)c4)[nH]c(=O)c23)n1. The minimum Gasteiger partial charge on any atom is -0.339 e. The van der Waals surface area contributed by atoms with Crippen molar-refractivity contribution in [2.75, 3.05) is 0 Å². The molecule has 0 fully saturated rings. The maximum absolute atomic E-state index is 13.4. The summed E-state index contributed by atoms with van der Waals surface area (Å²) in [6.07, 6.45) is 0.326. The van der Waals surface area contributed by atoms with Gasteiger partial charge in [0.1, 0.15) is 17.3 Å². The van der Waals surface area contributed by atoms with Gasteiger partial charge in [-0.25, -0.2) is 9.37 Å². The van der Waals surface area contributed by atoms with Crippen molar-refractivity contribution in [3.8, 4) is 11.4 Å². The number of tetrazole rings is 1. The summed E-state index contributed by atoms with van der Waals surface area (Å²) < 4.78 is 13.4. The van der Waals surface area contributed by atoms with Crippen LogP contribution in [0.15, 0.2) is 47.3 Å². The highest BCUT2D eigenvalue weighted by molar-refractivity contribution is 6.06. The number of hydrogen-bond donors (Lipinski definition) is 2. The highest BCUT2D eigenvalue weighted by atomic mass is 19.1. The molecule has 138 valence electrons. The molecule has 0 spiro atoms. The first-order valence-electron chi connectivity index (χ1n) is 8.60. The predicted molar refractivity (Wildman–Crippen MR) is 101 cm³/mol. The summed E-state index contributed by atoms with van der Waals surface area (Å²) in [4.78, 5) is 24.6. The lowest BCUT2D eigenvalue weighted by Crippen LogP contribution is -2.11. The van der Waals surface area contributed by atoms with E-state index in [0.717, 1.165) is 22.0 Å². The molecular weight excluding hydrogens is 361 g/mol. The van der Waals surface area contributed by atoms with E-state index in [-0.39, 0.29) is 11.4 Å². The van der Waals surface area contributed by atoms with Crippen LogP contribution in [0, 0.1) is 5.82 Å². The summed E-state index contributed by atoms with van der Waals surface area (Å²) in [7, 11) is 1.70. The first kappa shape index (κ1) is 16.3. The van der Waals surface area contributed by atoms with E-state index in [9.17, 15) is 9.18 Å². The smallest absolute Gasteiger partial charge is 0.261 e. The third-order valence-corrected chi connectivity index (χ3v) is 4.54. The number of aromatic nitrogens is 7. The molecule has 3 heterocycles. The zero-order valence-corrected chi connectivity index (χ0v) is 14.8. The molecule has 5 rings (SSSR count). The maximum atomic E-state index is 13.4. The molecule has 0 saturated heterocycles. The number of rotatable bonds is 3. The van der Waals surface area contributed by atoms with Gasteiger partial charge in [0.25, 0.3) is 5.56 Å². The fourth-order valence-electron chi connectivity index (χ4n) is 3.32. The van der Waals surface area contributed by atoms with Crippen LogP contribution in [0.5, 0.6) is 0 Å². The molecule has 0 aliphatic heterocycles. The van der Waals surface area contributed by atoms with Crippen molar-refractivity contribution in [3.05, 3.63) is 70.0 Å². The molecular formula is C19H14FN7O. The molecule has 5 aromatic rings. The average Bonchev–Trinajstić information content (AvgIpc) is 3.24. The van der Waals surface area contributed by atoms with E-state index in [2.05, 4.69) is 30.4 Å². The van der Waals surface area contributed by atoms with Gasteiger partial charge < -0.3 is 9.97 Å². The second-order valence-corrected chi connectivity index (χ2v) is 6.53. The molecule has 9 heteroatoms. The van der Waals surface area contributed by atoms with Crippen LogP contribution in [0.1, 0.15) is 11.4 Å². The van der Waals surface area contributed by atoms with Crippen molar-refractivity contribution in [1.29, 1.82) is 0 Å². The molecule has 28 heavy (non-hydrogen) atoms. The van der Waals surface area contributed by atoms with Gasteiger partial charge in [0, 0.05) is 22.9 Å². The molecule has 0 aliphatic rings. The summed E-state index contributed by atoms with van der Waals surface area (Å²) in [6.45, 7) is 0. The van der Waals surface area contributed by atoms with Gasteiger partial charge in [-0.05, 0) is 29.0 Å². The Morgan fingerprint density at radius 2 is 2.04 bits per heavy atom. The van der Waals surface area contributed by atoms with Crippen LogP contribution in [-0.4, -0.2) is 35.2 Å². The van der Waals surface area contributed by atoms with E-state index in [4.69, 9.17) is 0 Å². The quantitative estimate of drug-likeness (QED) is 0.503. The number of aryl methyl sites for hydroxylation is 1. The van der Waals surface area contributed by atoms with Crippen LogP contribution in [-0.2, 0) is 13.5 Å². The molecule has 0 atom stereocenters. The van der Waals surface area contributed by atoms with Gasteiger partial charge in [0.05, 0.1) is 12.4 Å². The number of nitrogens with zero attached hydrogens (tertiary/aromatic N) is 5. The second kappa shape index (κ2) is 6.08. The lowest BCUT2D eigenvalue weighted by atomic mass is 10.1. The van der Waals surface area contributed by atoms with Crippen LogP contribution >= 0.6 is 0 Å². The lowest BCUT2D eigenvalue weighted by molar-refractivity contribution is 0.626. The molecule has 0 saturated carbocycles. The summed E-state index contributed by atoms with van der Waals surface area (Å²) >= 11 is 0. The molecule has 0 aliphatic carbocycles. The standard InChI is InChI=1S/C19H14FN7O/c1-27-25-17(24-26-27)11-5-6-13-14(9-11)21-18-16(13)19(28)23-15(22-18)8-10-3-2-4-12(20)7-10/h2-7,9H,8H2,1H3,(H2,21,22,23,28). The molecule has 2 N–H and O–H groups in total. The van der Waals surface area contributed by atoms with Crippen LogP contribution in [0.4, 0.5) is 4.39 Å². The monoisotopic (exact) mass is 375 g/mol. The van der Waals surface area contributed by atoms with Crippen LogP contribution < -0.4 is 5.56 Å². The number of fused-ring (bicyclic) bond motifs is 3. The Kier molecular flexibility index (Phi) is 3.54. The fraction of sp³-hybridized carbons (Fsp3) is 0.105. The minimum atomic E-state index is -0.323. The van der Waals surface area contributed by atoms with Crippen molar-refractivity contribution in [3.63, 3.8) is 0 Å². The van der Waals surface area contributed by atoms with Crippen molar-refractivity contribution >= 4 is 21.9 Å². The van der Waals surface area contributed by atoms with Crippen molar-refractivity contribution in [2.45, 2.75) is 6.42 Å². The van der Waals surface area contributed by atoms with Gasteiger partial charge in [-0.2, -0.15) is 4.80 Å². The fourth-order valence-corrected chi connectivity index (χ4v) is 3.32. The Hall–Kier alpha value is -3.88. The number of benzene rings is 2. The van der Waals surface area contributed by atoms with E-state index >= 15 is 0 Å². The Balaban J connectivity index is 1.61. The van der Waals surface area contributed by atoms with Gasteiger partial charge in [-0.1, -0.05) is 24.3 Å². The van der Waals surface area contributed by atoms with E-state index in [0.29, 0.717) is 29.1 Å². The number of aromatic amines is 2. The first-order valence-corrected chi connectivity index (χ1v) is 8.60. The molecule has 0 radical (unpaired) electrons. The second-order valence-electron chi connectivity index (χ2n) is 6.53. The van der Waals surface area contributed by atoms with Gasteiger partial charge in [-0.15, -0.1) is 10.2 Å². The Morgan fingerprint density at radius 3 is 2.82 bits per heavy atom. The largest absolute Gasteiger partial charge is 0.339 e. The average molecular weight is 375 g/mol. The summed E-state index contributed by atoms with van der Waals surface area (Å²) in [5, 5.41) is 13.3. The van der Waals surface area contributed by atoms with E-state index < -0.39 is 0 Å². The summed E-state index contributed by atoms with van der Waals surface area (Å²) in [5.41, 5.74) is 2.50. The van der Waals surface area contributed by atoms with Gasteiger partial charge in [0.2, 0.25) is 5.82 Å². The topological polar surface area (TPSA) is 105 Å². The molecule has 0 amide bonds. The van der Waals surface area contributed by atoms with Gasteiger partial charge in [-0.3, -0.25) is 4.79 Å². The highest BCUT2D eigenvalue weighted by Crippen LogP contribution is 2.25. The van der Waals surface area contributed by atoms with Crippen molar-refractivity contribution in [2.24, 2.45) is 7.05 Å². The van der Waals surface area contributed by atoms with Gasteiger partial charge >= 0.3 is 0 Å².